The molecule has 1 aromatic carbocycles. The van der Waals surface area contributed by atoms with Crippen molar-refractivity contribution in [3.63, 3.8) is 0 Å². The largest absolute Gasteiger partial charge is 0.451 e. The number of nitrogens with one attached hydrogen (secondary N) is 1. The van der Waals surface area contributed by atoms with Crippen LogP contribution in [0.3, 0.4) is 0 Å². The van der Waals surface area contributed by atoms with Gasteiger partial charge in [-0.15, -0.1) is 11.3 Å². The molecule has 1 N–H and O–H groups in total. The van der Waals surface area contributed by atoms with Crippen molar-refractivity contribution in [2.75, 3.05) is 11.9 Å². The summed E-state index contributed by atoms with van der Waals surface area (Å²) < 4.78 is 8.51. The van der Waals surface area contributed by atoms with Crippen LogP contribution in [-0.2, 0) is 23.1 Å². The number of amides is 1. The summed E-state index contributed by atoms with van der Waals surface area (Å²) in [6.45, 7) is 1.88. The van der Waals surface area contributed by atoms with Crippen LogP contribution in [0.15, 0.2) is 42.6 Å². The molecule has 0 atom stereocenters. The molecule has 3 heterocycles. The minimum absolute atomic E-state index is 0.400. The molecule has 4 rings (SSSR count). The fraction of sp³-hybridized carbons (Fsp3) is 0.200. The van der Waals surface area contributed by atoms with E-state index in [1.54, 1.807) is 33.8 Å². The van der Waals surface area contributed by atoms with Gasteiger partial charge in [0.05, 0.1) is 18.4 Å². The van der Waals surface area contributed by atoms with Gasteiger partial charge in [-0.05, 0) is 24.6 Å². The molecule has 0 bridgehead atoms. The molecule has 0 aliphatic heterocycles. The molecule has 0 unspecified atom stereocenters. The highest BCUT2D eigenvalue weighted by molar-refractivity contribution is 7.20. The first-order chi connectivity index (χ1) is 14.4. The van der Waals surface area contributed by atoms with Crippen LogP contribution in [0.5, 0.6) is 0 Å². The molecule has 0 aliphatic rings. The number of thiophene rings is 1. The molecule has 30 heavy (non-hydrogen) atoms. The number of fused-ring (bicyclic) bond motifs is 1. The fourth-order valence-electron chi connectivity index (χ4n) is 3.04. The lowest BCUT2D eigenvalue weighted by atomic mass is 10.2. The van der Waals surface area contributed by atoms with Crippen molar-refractivity contribution < 1.29 is 14.3 Å². The van der Waals surface area contributed by atoms with Crippen LogP contribution >= 0.6 is 22.9 Å². The Hall–Kier alpha value is -3.17. The molecule has 1 amide bonds. The zero-order valence-corrected chi connectivity index (χ0v) is 17.8. The Morgan fingerprint density at radius 3 is 2.83 bits per heavy atom. The normalized spacial score (nSPS) is 11.0. The van der Waals surface area contributed by atoms with Crippen molar-refractivity contribution in [2.24, 2.45) is 7.05 Å². The van der Waals surface area contributed by atoms with Gasteiger partial charge in [0, 0.05) is 23.5 Å². The van der Waals surface area contributed by atoms with Gasteiger partial charge < -0.3 is 10.1 Å². The number of nitrogens with zero attached hydrogens (tertiary/aromatic N) is 4. The molecule has 0 aliphatic carbocycles. The summed E-state index contributed by atoms with van der Waals surface area (Å²) in [5.41, 5.74) is 1.71. The van der Waals surface area contributed by atoms with Gasteiger partial charge >= 0.3 is 5.97 Å². The summed E-state index contributed by atoms with van der Waals surface area (Å²) in [6.07, 6.45) is 1.58. The lowest BCUT2D eigenvalue weighted by Crippen LogP contribution is -2.22. The van der Waals surface area contributed by atoms with E-state index in [-0.39, 0.29) is 0 Å². The molecule has 0 spiro atoms. The minimum atomic E-state index is -0.546. The predicted molar refractivity (Wildman–Crippen MR) is 115 cm³/mol. The summed E-state index contributed by atoms with van der Waals surface area (Å²) in [4.78, 5) is 25.9. The number of esters is 1. The fourth-order valence-corrected chi connectivity index (χ4v) is 4.25. The summed E-state index contributed by atoms with van der Waals surface area (Å²) in [5, 5.41) is 12.7. The molecule has 4 aromatic rings. The highest BCUT2D eigenvalue weighted by Crippen LogP contribution is 2.28. The first-order valence-corrected chi connectivity index (χ1v) is 10.3. The molecule has 3 aromatic heterocycles. The number of ether oxygens (including phenoxy) is 1. The van der Waals surface area contributed by atoms with Crippen LogP contribution in [0.25, 0.3) is 10.2 Å². The number of rotatable bonds is 6. The Kier molecular flexibility index (Phi) is 5.56. The number of carbonyl (C=O) groups is 2. The van der Waals surface area contributed by atoms with Gasteiger partial charge in [-0.1, -0.05) is 29.8 Å². The van der Waals surface area contributed by atoms with Gasteiger partial charge in [0.15, 0.2) is 6.61 Å². The molecular formula is C20H18ClN5O3S. The molecule has 0 radical (unpaired) electrons. The number of anilines is 1. The van der Waals surface area contributed by atoms with Crippen molar-refractivity contribution in [3.05, 3.63) is 63.8 Å². The molecule has 8 nitrogen and oxygen atoms in total. The highest BCUT2D eigenvalue weighted by Gasteiger charge is 2.18. The SMILES string of the molecule is Cc1nn(C)c2sc(C(=O)OCC(=O)Nc3ccnn3Cc3ccccc3Cl)cc12. The van der Waals surface area contributed by atoms with Gasteiger partial charge in [-0.2, -0.15) is 10.2 Å². The van der Waals surface area contributed by atoms with E-state index in [0.29, 0.717) is 22.3 Å². The predicted octanol–water partition coefficient (Wildman–Crippen LogP) is 3.64. The van der Waals surface area contributed by atoms with E-state index in [0.717, 1.165) is 21.5 Å². The van der Waals surface area contributed by atoms with Crippen LogP contribution in [0.4, 0.5) is 5.82 Å². The molecule has 0 fully saturated rings. The number of halogens is 1. The third-order valence-corrected chi connectivity index (χ3v) is 6.04. The number of carbonyl (C=O) groups excluding carboxylic acids is 2. The van der Waals surface area contributed by atoms with Gasteiger partial charge in [0.25, 0.3) is 5.91 Å². The maximum Gasteiger partial charge on any atom is 0.348 e. The summed E-state index contributed by atoms with van der Waals surface area (Å²) >= 11 is 7.47. The second-order valence-electron chi connectivity index (χ2n) is 6.63. The average Bonchev–Trinajstić information content (AvgIpc) is 3.40. The standard InChI is InChI=1S/C20H18ClN5O3S/c1-12-14-9-16(30-19(14)25(2)24-12)20(28)29-11-18(27)23-17-7-8-22-26(17)10-13-5-3-4-6-15(13)21/h3-9H,10-11H2,1-2H3,(H,23,27). The van der Waals surface area contributed by atoms with Gasteiger partial charge in [-0.25, -0.2) is 9.48 Å². The second-order valence-corrected chi connectivity index (χ2v) is 8.07. The lowest BCUT2D eigenvalue weighted by Gasteiger charge is -2.10. The number of hydrogen-bond acceptors (Lipinski definition) is 6. The minimum Gasteiger partial charge on any atom is -0.451 e. The van der Waals surface area contributed by atoms with Crippen LogP contribution < -0.4 is 5.32 Å². The van der Waals surface area contributed by atoms with Crippen molar-refractivity contribution in [3.8, 4) is 0 Å². The van der Waals surface area contributed by atoms with E-state index >= 15 is 0 Å². The van der Waals surface area contributed by atoms with Gasteiger partial charge in [0.1, 0.15) is 15.5 Å². The number of benzene rings is 1. The van der Waals surface area contributed by atoms with E-state index in [9.17, 15) is 9.59 Å². The van der Waals surface area contributed by atoms with Gasteiger partial charge in [-0.3, -0.25) is 9.48 Å². The van der Waals surface area contributed by atoms with Crippen LogP contribution in [-0.4, -0.2) is 38.0 Å². The summed E-state index contributed by atoms with van der Waals surface area (Å²) in [6, 6.07) is 10.8. The van der Waals surface area contributed by atoms with Crippen LogP contribution in [0.1, 0.15) is 20.9 Å². The second kappa shape index (κ2) is 8.29. The maximum absolute atomic E-state index is 12.3. The Morgan fingerprint density at radius 2 is 2.07 bits per heavy atom. The molecular weight excluding hydrogens is 426 g/mol. The van der Waals surface area contributed by atoms with Crippen molar-refractivity contribution in [1.82, 2.24) is 19.6 Å². The Morgan fingerprint density at radius 1 is 1.27 bits per heavy atom. The van der Waals surface area contributed by atoms with Crippen molar-refractivity contribution in [1.29, 1.82) is 0 Å². The molecule has 154 valence electrons. The zero-order chi connectivity index (χ0) is 21.3. The quantitative estimate of drug-likeness (QED) is 0.459. The van der Waals surface area contributed by atoms with E-state index in [4.69, 9.17) is 16.3 Å². The van der Waals surface area contributed by atoms with E-state index in [2.05, 4.69) is 15.5 Å². The third-order valence-electron chi connectivity index (χ3n) is 4.49. The summed E-state index contributed by atoms with van der Waals surface area (Å²) in [5.74, 6) is -0.516. The molecule has 10 heteroatoms. The topological polar surface area (TPSA) is 91.0 Å². The van der Waals surface area contributed by atoms with Crippen LogP contribution in [0, 0.1) is 6.92 Å². The Balaban J connectivity index is 1.37. The van der Waals surface area contributed by atoms with E-state index in [1.807, 2.05) is 32.2 Å². The first kappa shape index (κ1) is 20.1. The number of aromatic nitrogens is 4. The van der Waals surface area contributed by atoms with E-state index < -0.39 is 18.5 Å². The first-order valence-electron chi connectivity index (χ1n) is 9.07. The molecule has 0 saturated heterocycles. The number of hydrogen-bond donors (Lipinski definition) is 1. The van der Waals surface area contributed by atoms with Crippen molar-refractivity contribution in [2.45, 2.75) is 13.5 Å². The zero-order valence-electron chi connectivity index (χ0n) is 16.3. The maximum atomic E-state index is 12.3. The summed E-state index contributed by atoms with van der Waals surface area (Å²) in [7, 11) is 1.82. The average molecular weight is 444 g/mol. The Labute approximate surface area is 181 Å². The van der Waals surface area contributed by atoms with E-state index in [1.165, 1.54) is 11.3 Å². The Bertz CT molecular complexity index is 1210. The highest BCUT2D eigenvalue weighted by atomic mass is 35.5. The number of aryl methyl sites for hydroxylation is 2. The van der Waals surface area contributed by atoms with Crippen LogP contribution in [0.2, 0.25) is 5.02 Å². The lowest BCUT2D eigenvalue weighted by molar-refractivity contribution is -0.119. The van der Waals surface area contributed by atoms with Crippen molar-refractivity contribution >= 4 is 50.8 Å². The third kappa shape index (κ3) is 4.07. The van der Waals surface area contributed by atoms with Gasteiger partial charge in [0.2, 0.25) is 0 Å². The molecule has 0 saturated carbocycles. The monoisotopic (exact) mass is 443 g/mol. The smallest absolute Gasteiger partial charge is 0.348 e.